The molecule has 2 N–H and O–H groups in total. The number of nitrogens with one attached hydrogen (secondary N) is 1. The molecule has 1 aromatic carbocycles. The molecule has 34 heavy (non-hydrogen) atoms. The van der Waals surface area contributed by atoms with Gasteiger partial charge in [0.25, 0.3) is 5.91 Å². The monoisotopic (exact) mass is 496 g/mol. The minimum atomic E-state index is -0.946. The molecule has 2 heterocycles. The Kier molecular flexibility index (Phi) is 8.48. The Morgan fingerprint density at radius 1 is 1.12 bits per heavy atom. The van der Waals surface area contributed by atoms with Gasteiger partial charge in [0.15, 0.2) is 0 Å². The quantitative estimate of drug-likeness (QED) is 0.341. The van der Waals surface area contributed by atoms with E-state index < -0.39 is 5.97 Å². The smallest absolute Gasteiger partial charge is 0.305 e. The van der Waals surface area contributed by atoms with Crippen molar-refractivity contribution in [2.45, 2.75) is 46.6 Å². The van der Waals surface area contributed by atoms with Crippen molar-refractivity contribution in [1.29, 1.82) is 5.26 Å². The molecule has 0 fully saturated rings. The lowest BCUT2D eigenvalue weighted by Crippen LogP contribution is -2.25. The third kappa shape index (κ3) is 6.46. The highest BCUT2D eigenvalue weighted by Gasteiger charge is 2.21. The molecule has 3 aromatic rings. The molecule has 8 heteroatoms. The fraction of sp³-hybridized carbons (Fsp3) is 0.346. The van der Waals surface area contributed by atoms with E-state index >= 15 is 0 Å². The van der Waals surface area contributed by atoms with Crippen molar-refractivity contribution in [1.82, 2.24) is 5.32 Å². The summed E-state index contributed by atoms with van der Waals surface area (Å²) in [5.41, 5.74) is 3.28. The van der Waals surface area contributed by atoms with Crippen LogP contribution in [0, 0.1) is 31.1 Å². The number of rotatable bonds is 10. The first-order chi connectivity index (χ1) is 16.2. The van der Waals surface area contributed by atoms with Gasteiger partial charge in [-0.1, -0.05) is 13.8 Å². The maximum Gasteiger partial charge on any atom is 0.305 e. The molecule has 0 aliphatic rings. The highest BCUT2D eigenvalue weighted by Crippen LogP contribution is 2.38. The number of aryl methyl sites for hydroxylation is 2. The molecule has 0 saturated carbocycles. The Bertz CT molecular complexity index is 1200. The maximum atomic E-state index is 12.4. The van der Waals surface area contributed by atoms with Gasteiger partial charge in [0.2, 0.25) is 0 Å². The predicted octanol–water partition coefficient (Wildman–Crippen LogP) is 6.34. The van der Waals surface area contributed by atoms with Crippen LogP contribution in [0.15, 0.2) is 36.4 Å². The molecule has 0 unspecified atom stereocenters. The maximum absolute atomic E-state index is 12.4. The van der Waals surface area contributed by atoms with Gasteiger partial charge in [-0.15, -0.1) is 22.7 Å². The summed E-state index contributed by atoms with van der Waals surface area (Å²) in [6.45, 7) is 8.45. The summed E-state index contributed by atoms with van der Waals surface area (Å²) in [5, 5.41) is 20.6. The number of amides is 1. The number of carbonyl (C=O) groups is 2. The third-order valence-electron chi connectivity index (χ3n) is 5.22. The molecule has 0 saturated heterocycles. The van der Waals surface area contributed by atoms with Crippen molar-refractivity contribution in [3.8, 4) is 22.3 Å². The molecule has 0 aliphatic heterocycles. The van der Waals surface area contributed by atoms with Gasteiger partial charge in [0.1, 0.15) is 22.8 Å². The number of thiophene rings is 2. The average Bonchev–Trinajstić information content (AvgIpc) is 3.42. The molecule has 3 rings (SSSR count). The van der Waals surface area contributed by atoms with E-state index in [9.17, 15) is 9.59 Å². The number of nitrogens with zero attached hydrogens (tertiary/aromatic N) is 1. The van der Waals surface area contributed by atoms with Crippen LogP contribution < -0.4 is 10.1 Å². The van der Waals surface area contributed by atoms with Crippen molar-refractivity contribution in [3.05, 3.63) is 62.2 Å². The molecule has 0 radical (unpaired) electrons. The summed E-state index contributed by atoms with van der Waals surface area (Å²) in [6.07, 6.45) is 0.472. The van der Waals surface area contributed by atoms with Crippen LogP contribution in [0.25, 0.3) is 10.4 Å². The number of aliphatic carboxylic acids is 1. The van der Waals surface area contributed by atoms with Gasteiger partial charge in [0.05, 0.1) is 11.3 Å². The van der Waals surface area contributed by atoms with Crippen LogP contribution in [-0.4, -0.2) is 23.5 Å². The van der Waals surface area contributed by atoms with Gasteiger partial charge in [-0.2, -0.15) is 5.26 Å². The highest BCUT2D eigenvalue weighted by atomic mass is 32.1. The first-order valence-corrected chi connectivity index (χ1v) is 12.7. The average molecular weight is 497 g/mol. The van der Waals surface area contributed by atoms with Crippen molar-refractivity contribution < 1.29 is 19.4 Å². The van der Waals surface area contributed by atoms with E-state index in [0.717, 1.165) is 38.6 Å². The van der Waals surface area contributed by atoms with Crippen molar-refractivity contribution in [3.63, 3.8) is 0 Å². The molecule has 0 bridgehead atoms. The van der Waals surface area contributed by atoms with Crippen LogP contribution in [0.3, 0.4) is 0 Å². The van der Waals surface area contributed by atoms with E-state index in [2.05, 4.69) is 25.2 Å². The van der Waals surface area contributed by atoms with E-state index in [1.165, 1.54) is 22.7 Å². The number of hydrogen-bond donors (Lipinski definition) is 2. The summed E-state index contributed by atoms with van der Waals surface area (Å²) in [4.78, 5) is 26.3. The van der Waals surface area contributed by atoms with Gasteiger partial charge < -0.3 is 15.2 Å². The molecule has 2 aromatic heterocycles. The molecular formula is C26H28N2O4S2. The number of carboxylic acid groups (broad SMARTS) is 1. The molecule has 178 valence electrons. The second kappa shape index (κ2) is 11.3. The fourth-order valence-electron chi connectivity index (χ4n) is 3.75. The molecular weight excluding hydrogens is 468 g/mol. The number of carbonyl (C=O) groups excluding carboxylic acids is 1. The van der Waals surface area contributed by atoms with Gasteiger partial charge in [0, 0.05) is 16.3 Å². The van der Waals surface area contributed by atoms with Crippen LogP contribution >= 0.6 is 22.7 Å². The fourth-order valence-corrected chi connectivity index (χ4v) is 5.69. The number of nitriles is 1. The Hall–Kier alpha value is -3.15. The second-order valence-electron chi connectivity index (χ2n) is 8.55. The highest BCUT2D eigenvalue weighted by molar-refractivity contribution is 7.16. The Morgan fingerprint density at radius 3 is 2.41 bits per heavy atom. The standard InChI is InChI=1S/C26H28N2O4S2/c1-15(2)11-20(21-7-8-23(34-21)26(31)28-10-9-24(29)30)32-18-12-16(3)25(17(4)13-18)22-6-5-19(14-27)33-22/h5-8,12-13,15,20H,9-11H2,1-4H3,(H,28,31)(H,29,30)/t20-/m1/s1. The van der Waals surface area contributed by atoms with Crippen LogP contribution in [-0.2, 0) is 4.79 Å². The number of ether oxygens (including phenoxy) is 1. The summed E-state index contributed by atoms with van der Waals surface area (Å²) in [7, 11) is 0. The number of carboxylic acids is 1. The lowest BCUT2D eigenvalue weighted by atomic mass is 10.0. The predicted molar refractivity (Wildman–Crippen MR) is 136 cm³/mol. The molecule has 6 nitrogen and oxygen atoms in total. The van der Waals surface area contributed by atoms with Crippen LogP contribution in [0.1, 0.15) is 63.3 Å². The topological polar surface area (TPSA) is 99.4 Å². The van der Waals surface area contributed by atoms with E-state index in [4.69, 9.17) is 15.1 Å². The lowest BCUT2D eigenvalue weighted by molar-refractivity contribution is -0.136. The summed E-state index contributed by atoms with van der Waals surface area (Å²) >= 11 is 2.85. The van der Waals surface area contributed by atoms with Crippen molar-refractivity contribution in [2.24, 2.45) is 5.92 Å². The van der Waals surface area contributed by atoms with Crippen LogP contribution in [0.2, 0.25) is 0 Å². The van der Waals surface area contributed by atoms with Gasteiger partial charge in [-0.3, -0.25) is 9.59 Å². The Morgan fingerprint density at radius 2 is 1.82 bits per heavy atom. The Labute approximate surface area is 207 Å². The summed E-state index contributed by atoms with van der Waals surface area (Å²) in [5.74, 6) is -0.0671. The van der Waals surface area contributed by atoms with Crippen LogP contribution in [0.5, 0.6) is 5.75 Å². The number of benzene rings is 1. The van der Waals surface area contributed by atoms with Gasteiger partial charge in [-0.25, -0.2) is 0 Å². The minimum Gasteiger partial charge on any atom is -0.485 e. The van der Waals surface area contributed by atoms with E-state index in [1.54, 1.807) is 6.07 Å². The normalized spacial score (nSPS) is 11.8. The van der Waals surface area contributed by atoms with Gasteiger partial charge >= 0.3 is 5.97 Å². The minimum absolute atomic E-state index is 0.0956. The van der Waals surface area contributed by atoms with E-state index in [1.807, 2.05) is 44.2 Å². The molecule has 1 amide bonds. The molecule has 0 aliphatic carbocycles. The third-order valence-corrected chi connectivity index (χ3v) is 7.41. The molecule has 1 atom stereocenters. The first-order valence-electron chi connectivity index (χ1n) is 11.1. The van der Waals surface area contributed by atoms with Crippen molar-refractivity contribution >= 4 is 34.6 Å². The SMILES string of the molecule is Cc1cc(O[C@H](CC(C)C)c2ccc(C(=O)NCCC(=O)O)s2)cc(C)c1-c1ccc(C#N)s1. The summed E-state index contributed by atoms with van der Waals surface area (Å²) < 4.78 is 6.45. The van der Waals surface area contributed by atoms with Gasteiger partial charge in [-0.05, 0) is 79.3 Å². The second-order valence-corrected chi connectivity index (χ2v) is 10.7. The van der Waals surface area contributed by atoms with E-state index in [-0.39, 0.29) is 25.0 Å². The zero-order valence-corrected chi connectivity index (χ0v) is 21.3. The molecule has 0 spiro atoms. The zero-order chi connectivity index (χ0) is 24.8. The number of hydrogen-bond acceptors (Lipinski definition) is 6. The Balaban J connectivity index is 1.81. The van der Waals surface area contributed by atoms with Crippen molar-refractivity contribution in [2.75, 3.05) is 6.54 Å². The summed E-state index contributed by atoms with van der Waals surface area (Å²) in [6, 6.07) is 13.7. The lowest BCUT2D eigenvalue weighted by Gasteiger charge is -2.21. The first kappa shape index (κ1) is 25.5. The largest absolute Gasteiger partial charge is 0.485 e. The van der Waals surface area contributed by atoms with E-state index in [0.29, 0.717) is 15.7 Å². The van der Waals surface area contributed by atoms with Crippen LogP contribution in [0.4, 0.5) is 0 Å². The zero-order valence-electron chi connectivity index (χ0n) is 19.7.